The number of nitrogens with zero attached hydrogens (tertiary/aromatic N) is 3. The number of benzene rings is 1. The highest BCUT2D eigenvalue weighted by Crippen LogP contribution is 2.25. The zero-order valence-corrected chi connectivity index (χ0v) is 13.6. The first-order valence-electron chi connectivity index (χ1n) is 6.38. The summed E-state index contributed by atoms with van der Waals surface area (Å²) in [7, 11) is -1.17. The van der Waals surface area contributed by atoms with E-state index in [2.05, 4.69) is 4.98 Å². The number of halogens is 1. The monoisotopic (exact) mass is 343 g/mol. The molecule has 0 N–H and O–H groups in total. The molecular weight excluding hydrogens is 330 g/mol. The van der Waals surface area contributed by atoms with Crippen LogP contribution in [0.5, 0.6) is 5.75 Å². The van der Waals surface area contributed by atoms with E-state index in [-0.39, 0.29) is 12.4 Å². The number of ether oxygens (including phenoxy) is 1. The Morgan fingerprint density at radius 1 is 1.50 bits per heavy atom. The lowest BCUT2D eigenvalue weighted by Crippen LogP contribution is -2.08. The normalized spacial score (nSPS) is 12.1. The summed E-state index contributed by atoms with van der Waals surface area (Å²) in [5.41, 5.74) is 0. The topological polar surface area (TPSA) is 87.3 Å². The second kappa shape index (κ2) is 6.89. The summed E-state index contributed by atoms with van der Waals surface area (Å²) in [5, 5.41) is 11.2. The van der Waals surface area contributed by atoms with Gasteiger partial charge in [0.2, 0.25) is 5.82 Å². The molecule has 0 aliphatic rings. The van der Waals surface area contributed by atoms with Gasteiger partial charge in [0.25, 0.3) is 0 Å². The summed E-state index contributed by atoms with van der Waals surface area (Å²) in [6, 6.07) is 4.84. The van der Waals surface area contributed by atoms with Crippen molar-refractivity contribution >= 4 is 28.2 Å². The fourth-order valence-electron chi connectivity index (χ4n) is 1.96. The molecule has 2 rings (SSSR count). The van der Waals surface area contributed by atoms with E-state index < -0.39 is 15.7 Å². The molecule has 0 saturated heterocycles. The number of aromatic nitrogens is 2. The Balaban J connectivity index is 2.15. The van der Waals surface area contributed by atoms with Gasteiger partial charge in [0.1, 0.15) is 11.9 Å². The van der Waals surface area contributed by atoms with Gasteiger partial charge in [-0.2, -0.15) is 0 Å². The fraction of sp³-hybridized carbons (Fsp3) is 0.308. The SMILES string of the molecule is CCn1c([N+](=O)[O-])cnc1COc1ccc(S(C)=O)c(Cl)c1. The average molecular weight is 344 g/mol. The van der Waals surface area contributed by atoms with Gasteiger partial charge >= 0.3 is 5.82 Å². The number of rotatable bonds is 6. The van der Waals surface area contributed by atoms with E-state index in [0.717, 1.165) is 0 Å². The van der Waals surface area contributed by atoms with Crippen LogP contribution in [0.1, 0.15) is 12.7 Å². The van der Waals surface area contributed by atoms with Gasteiger partial charge in [0.05, 0.1) is 27.3 Å². The third-order valence-corrected chi connectivity index (χ3v) is 4.40. The first-order chi connectivity index (χ1) is 10.4. The van der Waals surface area contributed by atoms with Gasteiger partial charge in [-0.15, -0.1) is 0 Å². The molecule has 0 amide bonds. The molecule has 0 spiro atoms. The molecule has 1 unspecified atom stereocenters. The maximum Gasteiger partial charge on any atom is 0.342 e. The maximum atomic E-state index is 11.4. The first-order valence-corrected chi connectivity index (χ1v) is 8.32. The van der Waals surface area contributed by atoms with E-state index in [0.29, 0.717) is 28.0 Å². The lowest BCUT2D eigenvalue weighted by Gasteiger charge is -2.07. The first kappa shape index (κ1) is 16.4. The van der Waals surface area contributed by atoms with E-state index in [9.17, 15) is 14.3 Å². The zero-order chi connectivity index (χ0) is 16.3. The van der Waals surface area contributed by atoms with Crippen LogP contribution in [-0.4, -0.2) is 24.9 Å². The predicted molar refractivity (Wildman–Crippen MR) is 82.7 cm³/mol. The molecule has 0 radical (unpaired) electrons. The van der Waals surface area contributed by atoms with Gasteiger partial charge in [0, 0.05) is 6.26 Å². The Morgan fingerprint density at radius 2 is 2.23 bits per heavy atom. The predicted octanol–water partition coefficient (Wildman–Crippen LogP) is 2.78. The largest absolute Gasteiger partial charge is 0.483 e. The van der Waals surface area contributed by atoms with Gasteiger partial charge in [-0.1, -0.05) is 11.6 Å². The van der Waals surface area contributed by atoms with Crippen molar-refractivity contribution in [2.45, 2.75) is 25.0 Å². The van der Waals surface area contributed by atoms with Gasteiger partial charge in [-0.05, 0) is 30.0 Å². The molecule has 0 bridgehead atoms. The molecule has 7 nitrogen and oxygen atoms in total. The van der Waals surface area contributed by atoms with E-state index in [4.69, 9.17) is 16.3 Å². The van der Waals surface area contributed by atoms with Crippen molar-refractivity contribution in [3.8, 4) is 5.75 Å². The van der Waals surface area contributed by atoms with Gasteiger partial charge in [-0.25, -0.2) is 9.55 Å². The molecular formula is C13H14ClN3O4S. The minimum absolute atomic E-state index is 0.0733. The lowest BCUT2D eigenvalue weighted by molar-refractivity contribution is -0.392. The van der Waals surface area contributed by atoms with Crippen LogP contribution in [0, 0.1) is 10.1 Å². The molecule has 1 aromatic heterocycles. The summed E-state index contributed by atoms with van der Waals surface area (Å²) >= 11 is 6.03. The molecule has 22 heavy (non-hydrogen) atoms. The molecule has 9 heteroatoms. The van der Waals surface area contributed by atoms with E-state index in [1.54, 1.807) is 31.4 Å². The highest BCUT2D eigenvalue weighted by Gasteiger charge is 2.19. The van der Waals surface area contributed by atoms with Crippen molar-refractivity contribution in [1.82, 2.24) is 9.55 Å². The van der Waals surface area contributed by atoms with Crippen molar-refractivity contribution in [2.24, 2.45) is 0 Å². The van der Waals surface area contributed by atoms with Crippen LogP contribution in [0.15, 0.2) is 29.3 Å². The summed E-state index contributed by atoms with van der Waals surface area (Å²) in [6.45, 7) is 2.29. The molecule has 0 saturated carbocycles. The van der Waals surface area contributed by atoms with Crippen molar-refractivity contribution in [3.63, 3.8) is 0 Å². The highest BCUT2D eigenvalue weighted by atomic mass is 35.5. The number of nitro groups is 1. The third-order valence-electron chi connectivity index (χ3n) is 3.00. The quantitative estimate of drug-likeness (QED) is 0.594. The molecule has 0 aliphatic carbocycles. The van der Waals surface area contributed by atoms with Gasteiger partial charge in [-0.3, -0.25) is 4.21 Å². The third kappa shape index (κ3) is 3.45. The molecule has 1 atom stereocenters. The van der Waals surface area contributed by atoms with Crippen LogP contribution in [0.2, 0.25) is 5.02 Å². The molecule has 0 fully saturated rings. The molecule has 1 heterocycles. The highest BCUT2D eigenvalue weighted by molar-refractivity contribution is 7.84. The van der Waals surface area contributed by atoms with Crippen molar-refractivity contribution in [3.05, 3.63) is 45.4 Å². The second-order valence-corrected chi connectivity index (χ2v) is 6.12. The number of hydrogen-bond acceptors (Lipinski definition) is 5. The number of imidazole rings is 1. The van der Waals surface area contributed by atoms with Crippen molar-refractivity contribution < 1.29 is 13.9 Å². The van der Waals surface area contributed by atoms with Crippen molar-refractivity contribution in [2.75, 3.05) is 6.26 Å². The van der Waals surface area contributed by atoms with E-state index >= 15 is 0 Å². The summed E-state index contributed by atoms with van der Waals surface area (Å²) in [6.07, 6.45) is 2.75. The van der Waals surface area contributed by atoms with Crippen molar-refractivity contribution in [1.29, 1.82) is 0 Å². The summed E-state index contributed by atoms with van der Waals surface area (Å²) in [4.78, 5) is 14.9. The molecule has 0 aliphatic heterocycles. The van der Waals surface area contributed by atoms with Crippen LogP contribution in [0.25, 0.3) is 0 Å². The van der Waals surface area contributed by atoms with Crippen LogP contribution in [0.4, 0.5) is 5.82 Å². The van der Waals surface area contributed by atoms with Crippen LogP contribution in [-0.2, 0) is 24.0 Å². The maximum absolute atomic E-state index is 11.4. The minimum Gasteiger partial charge on any atom is -0.483 e. The Morgan fingerprint density at radius 3 is 2.77 bits per heavy atom. The van der Waals surface area contributed by atoms with Crippen LogP contribution in [0.3, 0.4) is 0 Å². The molecule has 118 valence electrons. The van der Waals surface area contributed by atoms with Crippen LogP contribution >= 0.6 is 11.6 Å². The van der Waals surface area contributed by atoms with Gasteiger partial charge < -0.3 is 14.9 Å². The van der Waals surface area contributed by atoms with Gasteiger partial charge in [0.15, 0.2) is 6.61 Å². The zero-order valence-electron chi connectivity index (χ0n) is 12.0. The van der Waals surface area contributed by atoms with E-state index in [1.807, 2.05) is 0 Å². The Hall–Kier alpha value is -1.93. The van der Waals surface area contributed by atoms with Crippen LogP contribution < -0.4 is 4.74 Å². The molecule has 1 aromatic carbocycles. The standard InChI is InChI=1S/C13H14ClN3O4S/c1-3-16-12(15-7-13(16)17(18)19)8-21-9-4-5-11(22(2)20)10(14)6-9/h4-7H,3,8H2,1-2H3. The van der Waals surface area contributed by atoms with E-state index in [1.165, 1.54) is 10.8 Å². The Labute approximate surface area is 134 Å². The second-order valence-electron chi connectivity index (χ2n) is 4.37. The fourth-order valence-corrected chi connectivity index (χ4v) is 3.05. The smallest absolute Gasteiger partial charge is 0.342 e. The molecule has 2 aromatic rings. The minimum atomic E-state index is -1.17. The Bertz CT molecular complexity index is 732. The summed E-state index contributed by atoms with van der Waals surface area (Å²) in [5.74, 6) is 0.858. The lowest BCUT2D eigenvalue weighted by atomic mass is 10.3. The summed E-state index contributed by atoms with van der Waals surface area (Å²) < 4.78 is 18.4. The average Bonchev–Trinajstić information content (AvgIpc) is 2.87. The number of hydrogen-bond donors (Lipinski definition) is 0. The Kier molecular flexibility index (Phi) is 5.15.